The van der Waals surface area contributed by atoms with Gasteiger partial charge >= 0.3 is 5.69 Å². The fourth-order valence-corrected chi connectivity index (χ4v) is 6.72. The molecule has 1 aromatic heterocycles. The van der Waals surface area contributed by atoms with Gasteiger partial charge in [-0.15, -0.1) is 0 Å². The quantitative estimate of drug-likeness (QED) is 0.327. The SMILES string of the molecule is Cc1c(N2CCN(S(=O)(=O)c3cccc(F)c3)CC2)c(=O)n(C[C@@H](N)c2ccccc2)c(=O)n1Cc1c(F)cccc1F. The predicted octanol–water partition coefficient (Wildman–Crippen LogP) is 2.99. The zero-order valence-corrected chi connectivity index (χ0v) is 24.1. The summed E-state index contributed by atoms with van der Waals surface area (Å²) in [5.74, 6) is -2.37. The summed E-state index contributed by atoms with van der Waals surface area (Å²) in [5.41, 5.74) is 5.54. The standard InChI is InChI=1S/C30H30F3N5O4S/c1-20-28(35-13-15-36(16-14-35)43(41,42)23-10-5-9-22(31)17-23)29(39)38(19-27(34)21-7-3-2-4-8-21)30(40)37(20)18-24-25(32)11-6-12-26(24)33/h2-12,17,27H,13-16,18-19,34H2,1H3/t27-/m1/s1. The van der Waals surface area contributed by atoms with E-state index in [0.29, 0.717) is 5.56 Å². The molecular formula is C30H30F3N5O4S. The van der Waals surface area contributed by atoms with Crippen LogP contribution in [0.5, 0.6) is 0 Å². The van der Waals surface area contributed by atoms with Crippen LogP contribution in [-0.4, -0.2) is 48.0 Å². The third-order valence-corrected chi connectivity index (χ3v) is 9.53. The molecule has 9 nitrogen and oxygen atoms in total. The fourth-order valence-electron chi connectivity index (χ4n) is 5.27. The summed E-state index contributed by atoms with van der Waals surface area (Å²) < 4.78 is 72.6. The molecular weight excluding hydrogens is 583 g/mol. The zero-order valence-electron chi connectivity index (χ0n) is 23.3. The fraction of sp³-hybridized carbons (Fsp3) is 0.267. The molecule has 0 bridgehead atoms. The van der Waals surface area contributed by atoms with Crippen molar-refractivity contribution >= 4 is 15.7 Å². The van der Waals surface area contributed by atoms with Crippen molar-refractivity contribution in [1.82, 2.24) is 13.4 Å². The maximum Gasteiger partial charge on any atom is 0.331 e. The van der Waals surface area contributed by atoms with Gasteiger partial charge in [-0.05, 0) is 42.8 Å². The van der Waals surface area contributed by atoms with Gasteiger partial charge in [-0.25, -0.2) is 26.4 Å². The third-order valence-electron chi connectivity index (χ3n) is 7.63. The van der Waals surface area contributed by atoms with Gasteiger partial charge in [-0.1, -0.05) is 42.5 Å². The minimum atomic E-state index is -4.00. The highest BCUT2D eigenvalue weighted by Crippen LogP contribution is 2.23. The topological polar surface area (TPSA) is 111 Å². The minimum Gasteiger partial charge on any atom is -0.363 e. The average molecular weight is 614 g/mol. The van der Waals surface area contributed by atoms with Gasteiger partial charge in [-0.3, -0.25) is 13.9 Å². The Morgan fingerprint density at radius 3 is 2.09 bits per heavy atom. The number of benzene rings is 3. The molecule has 0 amide bonds. The molecule has 3 aromatic carbocycles. The second kappa shape index (κ2) is 12.2. The van der Waals surface area contributed by atoms with Crippen LogP contribution in [0.3, 0.4) is 0 Å². The van der Waals surface area contributed by atoms with E-state index in [1.165, 1.54) is 29.4 Å². The van der Waals surface area contributed by atoms with Gasteiger partial charge in [0, 0.05) is 43.5 Å². The number of anilines is 1. The largest absolute Gasteiger partial charge is 0.363 e. The lowest BCUT2D eigenvalue weighted by Crippen LogP contribution is -2.52. The molecule has 1 saturated heterocycles. The first-order valence-corrected chi connectivity index (χ1v) is 15.0. The van der Waals surface area contributed by atoms with Gasteiger partial charge in [-0.2, -0.15) is 4.31 Å². The molecule has 43 heavy (non-hydrogen) atoms. The Morgan fingerprint density at radius 1 is 0.837 bits per heavy atom. The summed E-state index contributed by atoms with van der Waals surface area (Å²) in [6.07, 6.45) is 0. The third kappa shape index (κ3) is 6.01. The number of rotatable bonds is 8. The zero-order chi connectivity index (χ0) is 30.9. The molecule has 0 aliphatic carbocycles. The molecule has 5 rings (SSSR count). The van der Waals surface area contributed by atoms with Crippen LogP contribution in [0.15, 0.2) is 87.3 Å². The van der Waals surface area contributed by atoms with E-state index in [1.807, 2.05) is 0 Å². The smallest absolute Gasteiger partial charge is 0.331 e. The number of nitrogens with zero attached hydrogens (tertiary/aromatic N) is 4. The maximum absolute atomic E-state index is 14.6. The second-order valence-electron chi connectivity index (χ2n) is 10.3. The van der Waals surface area contributed by atoms with Crippen molar-refractivity contribution in [3.63, 3.8) is 0 Å². The molecule has 1 fully saturated rings. The second-order valence-corrected chi connectivity index (χ2v) is 12.2. The molecule has 13 heteroatoms. The molecule has 2 N–H and O–H groups in total. The van der Waals surface area contributed by atoms with Gasteiger partial charge in [0.2, 0.25) is 10.0 Å². The van der Waals surface area contributed by atoms with Crippen molar-refractivity contribution in [3.8, 4) is 0 Å². The van der Waals surface area contributed by atoms with Crippen LogP contribution in [0.2, 0.25) is 0 Å². The monoisotopic (exact) mass is 613 g/mol. The van der Waals surface area contributed by atoms with Crippen LogP contribution < -0.4 is 21.9 Å². The van der Waals surface area contributed by atoms with Gasteiger partial charge in [0.25, 0.3) is 5.56 Å². The lowest BCUT2D eigenvalue weighted by molar-refractivity contribution is 0.382. The molecule has 1 aliphatic rings. The van der Waals surface area contributed by atoms with E-state index in [-0.39, 0.29) is 54.6 Å². The maximum atomic E-state index is 14.6. The molecule has 1 atom stereocenters. The summed E-state index contributed by atoms with van der Waals surface area (Å²) in [7, 11) is -4.00. The van der Waals surface area contributed by atoms with E-state index in [4.69, 9.17) is 5.73 Å². The molecule has 0 spiro atoms. The summed E-state index contributed by atoms with van der Waals surface area (Å²) in [5, 5.41) is 0. The highest BCUT2D eigenvalue weighted by Gasteiger charge is 2.32. The predicted molar refractivity (Wildman–Crippen MR) is 156 cm³/mol. The van der Waals surface area contributed by atoms with E-state index >= 15 is 0 Å². The Bertz CT molecular complexity index is 1850. The van der Waals surface area contributed by atoms with Crippen molar-refractivity contribution in [2.75, 3.05) is 31.1 Å². The number of hydrogen-bond donors (Lipinski definition) is 1. The number of halogens is 3. The molecule has 226 valence electrons. The Labute approximate surface area is 246 Å². The Kier molecular flexibility index (Phi) is 8.58. The normalized spacial score (nSPS) is 15.0. The van der Waals surface area contributed by atoms with E-state index in [1.54, 1.807) is 35.2 Å². The highest BCUT2D eigenvalue weighted by molar-refractivity contribution is 7.89. The number of hydrogen-bond acceptors (Lipinski definition) is 6. The Hall–Kier alpha value is -4.20. The van der Waals surface area contributed by atoms with Crippen molar-refractivity contribution in [1.29, 1.82) is 0 Å². The van der Waals surface area contributed by atoms with E-state index < -0.39 is 51.3 Å². The van der Waals surface area contributed by atoms with Crippen LogP contribution in [0.4, 0.5) is 18.9 Å². The Balaban J connectivity index is 1.53. The first-order chi connectivity index (χ1) is 20.5. The molecule has 4 aromatic rings. The van der Waals surface area contributed by atoms with Gasteiger partial charge < -0.3 is 10.6 Å². The molecule has 2 heterocycles. The van der Waals surface area contributed by atoms with Crippen molar-refractivity contribution in [2.45, 2.75) is 31.0 Å². The average Bonchev–Trinajstić information content (AvgIpc) is 2.99. The lowest BCUT2D eigenvalue weighted by Gasteiger charge is -2.36. The molecule has 0 saturated carbocycles. The lowest BCUT2D eigenvalue weighted by atomic mass is 10.1. The van der Waals surface area contributed by atoms with Gasteiger partial charge in [0.05, 0.1) is 18.0 Å². The first-order valence-electron chi connectivity index (χ1n) is 13.6. The van der Waals surface area contributed by atoms with Gasteiger partial charge in [0.1, 0.15) is 23.1 Å². The first kappa shape index (κ1) is 30.3. The minimum absolute atomic E-state index is 0.0255. The molecule has 0 radical (unpaired) electrons. The molecule has 1 aliphatic heterocycles. The van der Waals surface area contributed by atoms with Crippen LogP contribution >= 0.6 is 0 Å². The van der Waals surface area contributed by atoms with Crippen molar-refractivity contribution in [3.05, 3.63) is 128 Å². The van der Waals surface area contributed by atoms with Crippen molar-refractivity contribution < 1.29 is 21.6 Å². The van der Waals surface area contributed by atoms with Crippen LogP contribution in [0.25, 0.3) is 0 Å². The van der Waals surface area contributed by atoms with Gasteiger partial charge in [0.15, 0.2) is 0 Å². The highest BCUT2D eigenvalue weighted by atomic mass is 32.2. The molecule has 0 unspecified atom stereocenters. The summed E-state index contributed by atoms with van der Waals surface area (Å²) in [4.78, 5) is 29.0. The summed E-state index contributed by atoms with van der Waals surface area (Å²) >= 11 is 0. The number of sulfonamides is 1. The van der Waals surface area contributed by atoms with E-state index in [0.717, 1.165) is 33.4 Å². The van der Waals surface area contributed by atoms with E-state index in [9.17, 15) is 31.2 Å². The summed E-state index contributed by atoms with van der Waals surface area (Å²) in [6.45, 7) is 0.912. The van der Waals surface area contributed by atoms with Crippen LogP contribution in [0, 0.1) is 24.4 Å². The Morgan fingerprint density at radius 2 is 1.47 bits per heavy atom. The summed E-state index contributed by atoms with van der Waals surface area (Å²) in [6, 6.07) is 16.2. The van der Waals surface area contributed by atoms with Crippen LogP contribution in [0.1, 0.15) is 22.9 Å². The number of aromatic nitrogens is 2. The number of piperazine rings is 1. The van der Waals surface area contributed by atoms with E-state index in [2.05, 4.69) is 0 Å². The van der Waals surface area contributed by atoms with Crippen molar-refractivity contribution in [2.24, 2.45) is 5.73 Å². The van der Waals surface area contributed by atoms with Crippen LogP contribution in [-0.2, 0) is 23.1 Å². The number of nitrogens with two attached hydrogens (primary N) is 1.